The van der Waals surface area contributed by atoms with Crippen LogP contribution in [-0.4, -0.2) is 13.2 Å². The highest BCUT2D eigenvalue weighted by atomic mass is 19.2. The number of hydrogen-bond donors (Lipinski definition) is 0. The second kappa shape index (κ2) is 6.88. The van der Waals surface area contributed by atoms with E-state index in [9.17, 15) is 8.78 Å². The average molecular weight is 308 g/mol. The Hall–Kier alpha value is -1.26. The molecule has 0 aromatic heterocycles. The lowest BCUT2D eigenvalue weighted by Gasteiger charge is -2.37. The summed E-state index contributed by atoms with van der Waals surface area (Å²) < 4.78 is 37.7. The van der Waals surface area contributed by atoms with Crippen LogP contribution in [0, 0.1) is 29.4 Å². The molecule has 1 aromatic carbocycles. The third-order valence-electron chi connectivity index (χ3n) is 4.96. The van der Waals surface area contributed by atoms with E-state index in [-0.39, 0.29) is 0 Å². The van der Waals surface area contributed by atoms with Crippen molar-refractivity contribution in [3.63, 3.8) is 0 Å². The van der Waals surface area contributed by atoms with E-state index in [1.807, 2.05) is 0 Å². The molecule has 1 heterocycles. The maximum Gasteiger partial charge on any atom is 0.183 e. The SMILES string of the molecule is C=C[C@H]1CC[C@H]([C@H]2CO[C@H](c3ccc(F)c(F)c3)OC2)CC1. The fourth-order valence-corrected chi connectivity index (χ4v) is 3.49. The van der Waals surface area contributed by atoms with Gasteiger partial charge in [-0.25, -0.2) is 8.78 Å². The van der Waals surface area contributed by atoms with Crippen LogP contribution in [0.25, 0.3) is 0 Å². The van der Waals surface area contributed by atoms with E-state index in [1.54, 1.807) is 0 Å². The molecule has 1 saturated carbocycles. The first-order chi connectivity index (χ1) is 10.7. The largest absolute Gasteiger partial charge is 0.348 e. The van der Waals surface area contributed by atoms with E-state index < -0.39 is 17.9 Å². The molecule has 0 N–H and O–H groups in total. The Balaban J connectivity index is 1.54. The van der Waals surface area contributed by atoms with Crippen LogP contribution in [0.1, 0.15) is 37.5 Å². The Morgan fingerprint density at radius 2 is 1.64 bits per heavy atom. The molecule has 0 amide bonds. The Labute approximate surface area is 130 Å². The first kappa shape index (κ1) is 15.6. The summed E-state index contributed by atoms with van der Waals surface area (Å²) in [5.41, 5.74) is 0.535. The van der Waals surface area contributed by atoms with Gasteiger partial charge in [0.2, 0.25) is 0 Å². The van der Waals surface area contributed by atoms with Crippen LogP contribution in [0.4, 0.5) is 8.78 Å². The van der Waals surface area contributed by atoms with Crippen LogP contribution in [0.15, 0.2) is 30.9 Å². The van der Waals surface area contributed by atoms with E-state index in [4.69, 9.17) is 9.47 Å². The molecule has 2 fully saturated rings. The smallest absolute Gasteiger partial charge is 0.183 e. The molecule has 2 aliphatic rings. The second-order valence-corrected chi connectivity index (χ2v) is 6.34. The molecule has 1 saturated heterocycles. The normalized spacial score (nSPS) is 32.6. The number of ether oxygens (including phenoxy) is 2. The van der Waals surface area contributed by atoms with E-state index in [0.29, 0.717) is 36.5 Å². The molecule has 1 aliphatic heterocycles. The van der Waals surface area contributed by atoms with Crippen molar-refractivity contribution in [1.82, 2.24) is 0 Å². The minimum atomic E-state index is -0.866. The van der Waals surface area contributed by atoms with Gasteiger partial charge < -0.3 is 9.47 Å². The summed E-state index contributed by atoms with van der Waals surface area (Å²) in [7, 11) is 0. The molecule has 120 valence electrons. The predicted octanol–water partition coefficient (Wildman–Crippen LogP) is 4.62. The topological polar surface area (TPSA) is 18.5 Å². The average Bonchev–Trinajstić information content (AvgIpc) is 2.58. The summed E-state index contributed by atoms with van der Waals surface area (Å²) in [5, 5.41) is 0. The third kappa shape index (κ3) is 3.39. The van der Waals surface area contributed by atoms with Crippen molar-refractivity contribution in [2.75, 3.05) is 13.2 Å². The molecule has 2 nitrogen and oxygen atoms in total. The zero-order valence-electron chi connectivity index (χ0n) is 12.6. The molecule has 0 bridgehead atoms. The van der Waals surface area contributed by atoms with Crippen LogP contribution >= 0.6 is 0 Å². The molecular formula is C18H22F2O2. The van der Waals surface area contributed by atoms with E-state index in [1.165, 1.54) is 31.7 Å². The highest BCUT2D eigenvalue weighted by Gasteiger charge is 2.32. The van der Waals surface area contributed by atoms with Crippen molar-refractivity contribution in [1.29, 1.82) is 0 Å². The van der Waals surface area contributed by atoms with Gasteiger partial charge in [-0.3, -0.25) is 0 Å². The lowest BCUT2D eigenvalue weighted by atomic mass is 9.76. The number of rotatable bonds is 3. The van der Waals surface area contributed by atoms with Crippen molar-refractivity contribution < 1.29 is 18.3 Å². The van der Waals surface area contributed by atoms with Crippen LogP contribution in [0.3, 0.4) is 0 Å². The van der Waals surface area contributed by atoms with Gasteiger partial charge in [0.1, 0.15) is 0 Å². The highest BCUT2D eigenvalue weighted by molar-refractivity contribution is 5.19. The molecule has 4 heteroatoms. The van der Waals surface area contributed by atoms with Gasteiger partial charge in [0.15, 0.2) is 17.9 Å². The molecule has 22 heavy (non-hydrogen) atoms. The second-order valence-electron chi connectivity index (χ2n) is 6.34. The Bertz CT molecular complexity index is 516. The van der Waals surface area contributed by atoms with Crippen LogP contribution in [0.5, 0.6) is 0 Å². The number of hydrogen-bond acceptors (Lipinski definition) is 2. The lowest BCUT2D eigenvalue weighted by Crippen LogP contribution is -2.34. The molecule has 0 unspecified atom stereocenters. The molecule has 0 atom stereocenters. The Morgan fingerprint density at radius 3 is 2.23 bits per heavy atom. The summed E-state index contributed by atoms with van der Waals surface area (Å²) in [6, 6.07) is 3.77. The van der Waals surface area contributed by atoms with Crippen LogP contribution in [-0.2, 0) is 9.47 Å². The van der Waals surface area contributed by atoms with Gasteiger partial charge in [-0.2, -0.15) is 0 Å². The summed E-state index contributed by atoms with van der Waals surface area (Å²) in [5.74, 6) is -0.0444. The van der Waals surface area contributed by atoms with Gasteiger partial charge in [0.05, 0.1) is 13.2 Å². The highest BCUT2D eigenvalue weighted by Crippen LogP contribution is 2.37. The zero-order chi connectivity index (χ0) is 15.5. The van der Waals surface area contributed by atoms with Gasteiger partial charge in [0, 0.05) is 11.5 Å². The summed E-state index contributed by atoms with van der Waals surface area (Å²) >= 11 is 0. The molecule has 1 aliphatic carbocycles. The Kier molecular flexibility index (Phi) is 4.89. The van der Waals surface area contributed by atoms with E-state index in [2.05, 4.69) is 12.7 Å². The molecule has 0 spiro atoms. The maximum absolute atomic E-state index is 13.3. The summed E-state index contributed by atoms with van der Waals surface area (Å²) in [6.07, 6.45) is 6.22. The standard InChI is InChI=1S/C18H22F2O2/c1-2-12-3-5-13(6-4-12)15-10-21-18(22-11-15)14-7-8-16(19)17(20)9-14/h2,7-9,12-13,15,18H,1,3-6,10-11H2/t12-,13-,15-,18-. The van der Waals surface area contributed by atoms with Gasteiger partial charge in [-0.15, -0.1) is 6.58 Å². The first-order valence-electron chi connectivity index (χ1n) is 7.98. The number of halogens is 2. The molecule has 0 radical (unpaired) electrons. The molecule has 1 aromatic rings. The van der Waals surface area contributed by atoms with E-state index >= 15 is 0 Å². The van der Waals surface area contributed by atoms with Crippen molar-refractivity contribution in [3.05, 3.63) is 48.1 Å². The number of allylic oxidation sites excluding steroid dienone is 1. The van der Waals surface area contributed by atoms with Crippen molar-refractivity contribution >= 4 is 0 Å². The number of benzene rings is 1. The first-order valence-corrected chi connectivity index (χ1v) is 7.98. The molecular weight excluding hydrogens is 286 g/mol. The van der Waals surface area contributed by atoms with Gasteiger partial charge >= 0.3 is 0 Å². The fraction of sp³-hybridized carbons (Fsp3) is 0.556. The minimum absolute atomic E-state index is 0.396. The van der Waals surface area contributed by atoms with Gasteiger partial charge in [-0.05, 0) is 49.7 Å². The summed E-state index contributed by atoms with van der Waals surface area (Å²) in [6.45, 7) is 5.11. The summed E-state index contributed by atoms with van der Waals surface area (Å²) in [4.78, 5) is 0. The fourth-order valence-electron chi connectivity index (χ4n) is 3.49. The minimum Gasteiger partial charge on any atom is -0.348 e. The van der Waals surface area contributed by atoms with E-state index in [0.717, 1.165) is 12.1 Å². The zero-order valence-corrected chi connectivity index (χ0v) is 12.6. The predicted molar refractivity (Wildman–Crippen MR) is 80.1 cm³/mol. The van der Waals surface area contributed by atoms with Crippen LogP contribution < -0.4 is 0 Å². The quantitative estimate of drug-likeness (QED) is 0.759. The van der Waals surface area contributed by atoms with Crippen molar-refractivity contribution in [2.45, 2.75) is 32.0 Å². The third-order valence-corrected chi connectivity index (χ3v) is 4.96. The van der Waals surface area contributed by atoms with Crippen molar-refractivity contribution in [3.8, 4) is 0 Å². The monoisotopic (exact) mass is 308 g/mol. The van der Waals surface area contributed by atoms with Gasteiger partial charge in [0.25, 0.3) is 0 Å². The van der Waals surface area contributed by atoms with Crippen molar-refractivity contribution in [2.24, 2.45) is 17.8 Å². The lowest BCUT2D eigenvalue weighted by molar-refractivity contribution is -0.214. The van der Waals surface area contributed by atoms with Gasteiger partial charge in [-0.1, -0.05) is 12.1 Å². The Morgan fingerprint density at radius 1 is 0.955 bits per heavy atom. The van der Waals surface area contributed by atoms with Crippen LogP contribution in [0.2, 0.25) is 0 Å². The maximum atomic E-state index is 13.3. The molecule has 3 rings (SSSR count).